The van der Waals surface area contributed by atoms with Gasteiger partial charge in [-0.2, -0.15) is 0 Å². The molecule has 0 atom stereocenters. The van der Waals surface area contributed by atoms with Crippen LogP contribution in [-0.2, 0) is 0 Å². The monoisotopic (exact) mass is 343 g/mol. The van der Waals surface area contributed by atoms with Crippen molar-refractivity contribution in [2.75, 3.05) is 5.32 Å². The van der Waals surface area contributed by atoms with Crippen LogP contribution in [-0.4, -0.2) is 16.7 Å². The predicted molar refractivity (Wildman–Crippen MR) is 101 cm³/mol. The fourth-order valence-corrected chi connectivity index (χ4v) is 3.41. The van der Waals surface area contributed by atoms with Crippen LogP contribution in [0.5, 0.6) is 5.75 Å². The highest BCUT2D eigenvalue weighted by Crippen LogP contribution is 2.38. The summed E-state index contributed by atoms with van der Waals surface area (Å²) in [5.41, 5.74) is 4.49. The van der Waals surface area contributed by atoms with Crippen LogP contribution >= 0.6 is 0 Å². The van der Waals surface area contributed by atoms with E-state index in [0.29, 0.717) is 16.8 Å². The molecule has 3 aromatic carbocycles. The zero-order valence-electron chi connectivity index (χ0n) is 14.5. The lowest BCUT2D eigenvalue weighted by Gasteiger charge is -2.22. The fraction of sp³-hybridized carbons (Fsp3) is 0.0909. The first-order valence-corrected chi connectivity index (χ1v) is 8.36. The van der Waals surface area contributed by atoms with Gasteiger partial charge in [-0.3, -0.25) is 9.59 Å². The summed E-state index contributed by atoms with van der Waals surface area (Å²) in [6.45, 7) is 3.99. The number of nitrogens with one attached hydrogen (secondary N) is 1. The van der Waals surface area contributed by atoms with Gasteiger partial charge in [0.25, 0.3) is 0 Å². The molecular weight excluding hydrogens is 326 g/mol. The minimum atomic E-state index is -0.336. The first kappa shape index (κ1) is 16.1. The third-order valence-electron chi connectivity index (χ3n) is 4.71. The summed E-state index contributed by atoms with van der Waals surface area (Å²) in [6, 6.07) is 15.7. The normalized spacial score (nSPS) is 12.5. The molecule has 0 fully saturated rings. The van der Waals surface area contributed by atoms with E-state index in [1.165, 1.54) is 6.07 Å². The van der Waals surface area contributed by atoms with Gasteiger partial charge >= 0.3 is 0 Å². The van der Waals surface area contributed by atoms with Crippen LogP contribution in [0.2, 0.25) is 0 Å². The second-order valence-corrected chi connectivity index (χ2v) is 6.53. The molecule has 0 spiro atoms. The molecule has 0 heterocycles. The third-order valence-corrected chi connectivity index (χ3v) is 4.71. The predicted octanol–water partition coefficient (Wildman–Crippen LogP) is 4.53. The van der Waals surface area contributed by atoms with Gasteiger partial charge in [-0.25, -0.2) is 0 Å². The molecular formula is C22H17NO3. The summed E-state index contributed by atoms with van der Waals surface area (Å²) in [5.74, 6) is -0.783. The van der Waals surface area contributed by atoms with Crippen LogP contribution in [0.4, 0.5) is 11.4 Å². The third kappa shape index (κ3) is 2.39. The van der Waals surface area contributed by atoms with Crippen LogP contribution in [0.25, 0.3) is 0 Å². The lowest BCUT2D eigenvalue weighted by molar-refractivity contribution is 0.0977. The Balaban J connectivity index is 1.89. The van der Waals surface area contributed by atoms with Gasteiger partial charge in [0, 0.05) is 16.8 Å². The van der Waals surface area contributed by atoms with Crippen molar-refractivity contribution in [1.82, 2.24) is 0 Å². The average Bonchev–Trinajstić information content (AvgIpc) is 2.63. The van der Waals surface area contributed by atoms with Crippen molar-refractivity contribution >= 4 is 22.9 Å². The summed E-state index contributed by atoms with van der Waals surface area (Å²) in [4.78, 5) is 25.9. The van der Waals surface area contributed by atoms with Gasteiger partial charge in [0.2, 0.25) is 0 Å². The first-order chi connectivity index (χ1) is 12.5. The summed E-state index contributed by atoms with van der Waals surface area (Å²) in [6.07, 6.45) is 0. The highest BCUT2D eigenvalue weighted by atomic mass is 16.3. The summed E-state index contributed by atoms with van der Waals surface area (Å²) >= 11 is 0. The molecule has 4 nitrogen and oxygen atoms in total. The quantitative estimate of drug-likeness (QED) is 0.525. The SMILES string of the molecule is Cc1ccc(Nc2ccc(O)c3c2C(=O)c2ccccc2C3=O)c(C)c1. The van der Waals surface area contributed by atoms with Crippen LogP contribution < -0.4 is 5.32 Å². The van der Waals surface area contributed by atoms with E-state index in [1.807, 2.05) is 32.0 Å². The molecule has 0 radical (unpaired) electrons. The molecule has 0 unspecified atom stereocenters. The Bertz CT molecular complexity index is 1080. The van der Waals surface area contributed by atoms with Gasteiger partial charge in [0.15, 0.2) is 11.6 Å². The molecule has 0 saturated carbocycles. The van der Waals surface area contributed by atoms with Crippen LogP contribution in [0.1, 0.15) is 43.0 Å². The molecule has 1 aliphatic carbocycles. The van der Waals surface area contributed by atoms with E-state index in [9.17, 15) is 14.7 Å². The van der Waals surface area contributed by atoms with E-state index in [-0.39, 0.29) is 28.4 Å². The number of fused-ring (bicyclic) bond motifs is 2. The van der Waals surface area contributed by atoms with Crippen molar-refractivity contribution in [2.45, 2.75) is 13.8 Å². The number of benzene rings is 3. The molecule has 1 aliphatic rings. The van der Waals surface area contributed by atoms with Crippen molar-refractivity contribution in [3.63, 3.8) is 0 Å². The van der Waals surface area contributed by atoms with Gasteiger partial charge in [-0.05, 0) is 37.6 Å². The maximum atomic E-state index is 13.1. The number of aryl methyl sites for hydroxylation is 2. The van der Waals surface area contributed by atoms with E-state index >= 15 is 0 Å². The highest BCUT2D eigenvalue weighted by molar-refractivity contribution is 6.31. The average molecular weight is 343 g/mol. The van der Waals surface area contributed by atoms with Crippen molar-refractivity contribution in [2.24, 2.45) is 0 Å². The summed E-state index contributed by atoms with van der Waals surface area (Å²) in [7, 11) is 0. The standard InChI is InChI=1S/C22H17NO3/c1-12-7-8-16(13(2)11-12)23-17-9-10-18(24)20-19(17)21(25)14-5-3-4-6-15(14)22(20)26/h3-11,23-24H,1-2H3. The molecule has 0 aliphatic heterocycles. The number of hydrogen-bond donors (Lipinski definition) is 2. The maximum absolute atomic E-state index is 13.1. The number of rotatable bonds is 2. The minimum Gasteiger partial charge on any atom is -0.507 e. The first-order valence-electron chi connectivity index (χ1n) is 8.36. The number of phenolic OH excluding ortho intramolecular Hbond substituents is 1. The van der Waals surface area contributed by atoms with E-state index in [4.69, 9.17) is 0 Å². The molecule has 0 amide bonds. The molecule has 0 saturated heterocycles. The van der Waals surface area contributed by atoms with Gasteiger partial charge in [0.1, 0.15) is 5.75 Å². The van der Waals surface area contributed by atoms with Crippen molar-refractivity contribution < 1.29 is 14.7 Å². The fourth-order valence-electron chi connectivity index (χ4n) is 3.41. The molecule has 3 aromatic rings. The lowest BCUT2D eigenvalue weighted by Crippen LogP contribution is -2.22. The largest absolute Gasteiger partial charge is 0.507 e. The Kier molecular flexibility index (Phi) is 3.62. The van der Waals surface area contributed by atoms with Crippen LogP contribution in [0, 0.1) is 13.8 Å². The number of aromatic hydroxyl groups is 1. The number of carbonyl (C=O) groups excluding carboxylic acids is 2. The molecule has 128 valence electrons. The molecule has 4 rings (SSSR count). The Morgan fingerprint density at radius 2 is 1.38 bits per heavy atom. The van der Waals surface area contributed by atoms with Gasteiger partial charge in [-0.1, -0.05) is 42.0 Å². The van der Waals surface area contributed by atoms with E-state index in [1.54, 1.807) is 30.3 Å². The van der Waals surface area contributed by atoms with Gasteiger partial charge in [-0.15, -0.1) is 0 Å². The zero-order valence-corrected chi connectivity index (χ0v) is 14.5. The Morgan fingerprint density at radius 1 is 0.769 bits per heavy atom. The van der Waals surface area contributed by atoms with Gasteiger partial charge < -0.3 is 10.4 Å². The molecule has 0 aromatic heterocycles. The lowest BCUT2D eigenvalue weighted by atomic mass is 9.82. The summed E-state index contributed by atoms with van der Waals surface area (Å²) in [5, 5.41) is 13.5. The number of hydrogen-bond acceptors (Lipinski definition) is 4. The second-order valence-electron chi connectivity index (χ2n) is 6.53. The number of ketones is 2. The number of phenols is 1. The molecule has 0 bridgehead atoms. The van der Waals surface area contributed by atoms with E-state index in [2.05, 4.69) is 5.32 Å². The van der Waals surface area contributed by atoms with Crippen LogP contribution in [0.3, 0.4) is 0 Å². The van der Waals surface area contributed by atoms with Crippen molar-refractivity contribution in [3.8, 4) is 5.75 Å². The van der Waals surface area contributed by atoms with Crippen LogP contribution in [0.15, 0.2) is 54.6 Å². The Morgan fingerprint density at radius 3 is 2.04 bits per heavy atom. The molecule has 4 heteroatoms. The van der Waals surface area contributed by atoms with Crippen molar-refractivity contribution in [1.29, 1.82) is 0 Å². The van der Waals surface area contributed by atoms with Gasteiger partial charge in [0.05, 0.1) is 16.8 Å². The minimum absolute atomic E-state index is 0.0588. The smallest absolute Gasteiger partial charge is 0.198 e. The topological polar surface area (TPSA) is 66.4 Å². The molecule has 26 heavy (non-hydrogen) atoms. The Hall–Kier alpha value is -3.40. The Labute approximate surface area is 151 Å². The second kappa shape index (κ2) is 5.85. The summed E-state index contributed by atoms with van der Waals surface area (Å²) < 4.78 is 0. The number of anilines is 2. The van der Waals surface area contributed by atoms with E-state index in [0.717, 1.165) is 16.8 Å². The van der Waals surface area contributed by atoms with Crippen molar-refractivity contribution in [3.05, 3.63) is 88.0 Å². The number of carbonyl (C=O) groups is 2. The zero-order chi connectivity index (χ0) is 18.4. The highest BCUT2D eigenvalue weighted by Gasteiger charge is 2.33. The van der Waals surface area contributed by atoms with E-state index < -0.39 is 0 Å². The maximum Gasteiger partial charge on any atom is 0.198 e. The molecule has 2 N–H and O–H groups in total.